The normalized spacial score (nSPS) is 11.9. The largest absolute Gasteiger partial charge is 0.478 e. The summed E-state index contributed by atoms with van der Waals surface area (Å²) in [7, 11) is 0. The Bertz CT molecular complexity index is 5220. The van der Waals surface area contributed by atoms with Crippen LogP contribution in [-0.4, -0.2) is 70.8 Å². The Morgan fingerprint density at radius 3 is 1.28 bits per heavy atom. The fourth-order valence-electron chi connectivity index (χ4n) is 10.5. The number of carbonyl (C=O) groups is 6. The number of carboxylic acids is 2. The molecule has 114 heavy (non-hydrogen) atoms. The number of halogens is 12. The summed E-state index contributed by atoms with van der Waals surface area (Å²) in [5.74, 6) is -2.18. The second-order valence-corrected chi connectivity index (χ2v) is 31.3. The van der Waals surface area contributed by atoms with Crippen molar-refractivity contribution in [2.24, 2.45) is 0 Å². The number of hydrogen-bond donors (Lipinski definition) is 3. The predicted octanol–water partition coefficient (Wildman–Crippen LogP) is 26.5. The van der Waals surface area contributed by atoms with Crippen LogP contribution < -0.4 is 0 Å². The van der Waals surface area contributed by atoms with Crippen molar-refractivity contribution in [2.75, 3.05) is 19.8 Å². The van der Waals surface area contributed by atoms with Gasteiger partial charge in [-0.05, 0) is 237 Å². The molecule has 0 radical (unpaired) electrons. The van der Waals surface area contributed by atoms with Crippen molar-refractivity contribution >= 4 is 180 Å². The lowest BCUT2D eigenvalue weighted by Crippen LogP contribution is -2.08. The molecule has 0 amide bonds. The zero-order chi connectivity index (χ0) is 83.3. The summed E-state index contributed by atoms with van der Waals surface area (Å²) in [6.45, 7) is 9.86. The van der Waals surface area contributed by atoms with E-state index in [1.165, 1.54) is 95.9 Å². The zero-order valence-corrected chi connectivity index (χ0v) is 71.3. The van der Waals surface area contributed by atoms with Gasteiger partial charge >= 0.3 is 29.8 Å². The standard InChI is InChI=1S/C16H14ClFO2S.C14H10ClFO2S.C14H10ClFOS.C14H8ClFOS.C10H10BrClO2.C10H11ClO2.C8H7ClO2/c1-2-20-16(19)13-4-3-5-15(17)14(13)10-21-12-8-6-11(18)7-9-12;15-13-3-1-2-11(14(17)18)12(13)8-19-10-6-4-9(16)5-7-10;2*15-12-3-1-2-9-11(12)7-18-13-5-4-8(16)6-10(13)14(9)17;1-2-14-10(13)7-4-3-5-9(12)8(7)6-11;1-3-13-10(12)8-5-4-6-9(11)7(8)2;1-5-6(8(10)11)3-2-4-7(5)9/h3-9H,2,10H2,1H3;1-7H,8H2,(H,17,18);1-6,14,17H,7H2;1-6H,7H2;3-5H,2,6H2,1H3;4-6H,3H2,1-2H3;2-4H,1H3,(H,10,11). The number of aliphatic hydroxyl groups excluding tert-OH is 1. The number of esters is 3. The topological polar surface area (TPSA) is 191 Å². The van der Waals surface area contributed by atoms with Gasteiger partial charge < -0.3 is 29.5 Å². The number of alkyl halides is 1. The summed E-state index contributed by atoms with van der Waals surface area (Å²) >= 11 is 51.2. The van der Waals surface area contributed by atoms with Gasteiger partial charge in [0.1, 0.15) is 29.4 Å². The minimum absolute atomic E-state index is 0.160. The molecule has 0 saturated heterocycles. The zero-order valence-electron chi connectivity index (χ0n) is 61.1. The highest BCUT2D eigenvalue weighted by Gasteiger charge is 2.26. The van der Waals surface area contributed by atoms with E-state index < -0.39 is 23.9 Å². The third kappa shape index (κ3) is 26.8. The average Bonchev–Trinajstić information content (AvgIpc) is 1.64. The Hall–Kier alpha value is -7.97. The van der Waals surface area contributed by atoms with Gasteiger partial charge in [-0.3, -0.25) is 4.79 Å². The summed E-state index contributed by atoms with van der Waals surface area (Å²) in [5, 5.41) is 32.5. The highest BCUT2D eigenvalue weighted by Crippen LogP contribution is 2.43. The molecule has 0 aromatic heterocycles. The lowest BCUT2D eigenvalue weighted by Gasteiger charge is -2.14. The van der Waals surface area contributed by atoms with Gasteiger partial charge in [-0.15, -0.1) is 47.0 Å². The molecule has 2 aliphatic rings. The number of thioether (sulfide) groups is 4. The first-order valence-corrected chi connectivity index (χ1v) is 42.0. The summed E-state index contributed by atoms with van der Waals surface area (Å²) in [6, 6.07) is 56.9. The molecular formula is C86H70BrCl7F4O12S4. The highest BCUT2D eigenvalue weighted by molar-refractivity contribution is 9.08. The smallest absolute Gasteiger partial charge is 0.338 e. The third-order valence-corrected chi connectivity index (χ3v) is 23.8. The van der Waals surface area contributed by atoms with E-state index >= 15 is 0 Å². The molecule has 2 aliphatic heterocycles. The van der Waals surface area contributed by atoms with Gasteiger partial charge in [0.25, 0.3) is 0 Å². The number of aromatic carboxylic acids is 2. The molecule has 0 fully saturated rings. The lowest BCUT2D eigenvalue weighted by molar-refractivity contribution is 0.0515. The van der Waals surface area contributed by atoms with E-state index in [-0.39, 0.29) is 52.3 Å². The van der Waals surface area contributed by atoms with Crippen LogP contribution in [0.5, 0.6) is 0 Å². The van der Waals surface area contributed by atoms with Crippen LogP contribution in [0.15, 0.2) is 232 Å². The monoisotopic (exact) mass is 1820 g/mol. The Labute approximate surface area is 717 Å². The average molecular weight is 1830 g/mol. The molecule has 11 aromatic carbocycles. The van der Waals surface area contributed by atoms with Crippen molar-refractivity contribution in [1.29, 1.82) is 0 Å². The summed E-state index contributed by atoms with van der Waals surface area (Å²) < 4.78 is 67.0. The van der Waals surface area contributed by atoms with Crippen LogP contribution in [0.25, 0.3) is 0 Å². The van der Waals surface area contributed by atoms with Crippen molar-refractivity contribution in [3.8, 4) is 0 Å². The van der Waals surface area contributed by atoms with Gasteiger partial charge in [0, 0.05) is 99.8 Å². The lowest BCUT2D eigenvalue weighted by atomic mass is 9.97. The number of ether oxygens (including phenoxy) is 3. The number of carboxylic acid groups (broad SMARTS) is 2. The number of ketones is 1. The van der Waals surface area contributed by atoms with E-state index in [0.29, 0.717) is 128 Å². The quantitative estimate of drug-likeness (QED) is 0.0288. The highest BCUT2D eigenvalue weighted by atomic mass is 79.9. The van der Waals surface area contributed by atoms with Gasteiger partial charge in [-0.1, -0.05) is 152 Å². The number of aliphatic hydroxyl groups is 1. The summed E-state index contributed by atoms with van der Waals surface area (Å²) in [4.78, 5) is 72.2. The SMILES string of the molecule is CCOC(=O)c1cccc(Cl)c1C.CCOC(=O)c1cccc(Cl)c1CBr.CCOC(=O)c1cccc(Cl)c1CSc1ccc(F)cc1.Cc1c(Cl)cccc1C(=O)O.O=C(O)c1cccc(Cl)c1CSc1ccc(F)cc1.O=C1c2cc(F)ccc2SCc2c(Cl)cccc21.OC1c2cc(F)ccc2SCc2c(Cl)cccc21. The molecule has 2 heterocycles. The van der Waals surface area contributed by atoms with Crippen molar-refractivity contribution in [1.82, 2.24) is 0 Å². The van der Waals surface area contributed by atoms with Crippen LogP contribution in [0.4, 0.5) is 17.6 Å². The van der Waals surface area contributed by atoms with Crippen molar-refractivity contribution < 1.29 is 75.9 Å². The molecule has 11 aromatic rings. The molecular weight excluding hydrogens is 1760 g/mol. The van der Waals surface area contributed by atoms with Crippen LogP contribution in [0, 0.1) is 37.1 Å². The molecule has 0 saturated carbocycles. The number of fused-ring (bicyclic) bond motifs is 4. The third-order valence-electron chi connectivity index (χ3n) is 16.4. The molecule has 1 atom stereocenters. The Morgan fingerprint density at radius 2 is 0.789 bits per heavy atom. The predicted molar refractivity (Wildman–Crippen MR) is 455 cm³/mol. The molecule has 0 aliphatic carbocycles. The maximum atomic E-state index is 13.3. The second-order valence-electron chi connectivity index (χ2n) is 23.7. The fourth-order valence-corrected chi connectivity index (χ4v) is 17.3. The molecule has 12 nitrogen and oxygen atoms in total. The van der Waals surface area contributed by atoms with Crippen molar-refractivity contribution in [3.63, 3.8) is 0 Å². The molecule has 13 rings (SSSR count). The Balaban J connectivity index is 0.000000186. The minimum Gasteiger partial charge on any atom is -0.478 e. The van der Waals surface area contributed by atoms with Crippen LogP contribution in [-0.2, 0) is 42.6 Å². The maximum absolute atomic E-state index is 13.3. The summed E-state index contributed by atoms with van der Waals surface area (Å²) in [6.07, 6.45) is -0.820. The van der Waals surface area contributed by atoms with Crippen LogP contribution in [0.2, 0.25) is 35.2 Å². The van der Waals surface area contributed by atoms with E-state index in [1.54, 1.807) is 186 Å². The number of benzene rings is 11. The molecule has 594 valence electrons. The summed E-state index contributed by atoms with van der Waals surface area (Å²) in [5.41, 5.74) is 9.55. The molecule has 0 spiro atoms. The molecule has 1 unspecified atom stereocenters. The number of hydrogen-bond acceptors (Lipinski definition) is 14. The fraction of sp³-hybridized carbons (Fsp3) is 0.163. The van der Waals surface area contributed by atoms with Crippen molar-refractivity contribution in [3.05, 3.63) is 360 Å². The number of rotatable bonds is 15. The van der Waals surface area contributed by atoms with E-state index in [4.69, 9.17) is 106 Å². The van der Waals surface area contributed by atoms with Crippen molar-refractivity contribution in [2.45, 2.75) is 88.6 Å². The second kappa shape index (κ2) is 46.7. The van der Waals surface area contributed by atoms with Gasteiger partial charge in [0.05, 0.1) is 47.6 Å². The van der Waals surface area contributed by atoms with Crippen LogP contribution in [0.1, 0.15) is 145 Å². The first-order chi connectivity index (χ1) is 54.5. The Kier molecular flexibility index (Phi) is 38.2. The molecule has 28 heteroatoms. The van der Waals surface area contributed by atoms with Crippen LogP contribution in [0.3, 0.4) is 0 Å². The van der Waals surface area contributed by atoms with E-state index in [9.17, 15) is 51.4 Å². The first kappa shape index (κ1) is 93.2. The first-order valence-electron chi connectivity index (χ1n) is 34.3. The van der Waals surface area contributed by atoms with Crippen LogP contribution >= 0.6 is 144 Å². The minimum atomic E-state index is -1.00. The van der Waals surface area contributed by atoms with Gasteiger partial charge in [0.15, 0.2) is 5.78 Å². The maximum Gasteiger partial charge on any atom is 0.338 e. The number of carbonyl (C=O) groups excluding carboxylic acids is 4. The van der Waals surface area contributed by atoms with E-state index in [2.05, 4.69) is 15.9 Å². The molecule has 3 N–H and O–H groups in total. The van der Waals surface area contributed by atoms with E-state index in [0.717, 1.165) is 53.0 Å². The van der Waals surface area contributed by atoms with Gasteiger partial charge in [-0.25, -0.2) is 41.5 Å². The molecule has 0 bridgehead atoms. The van der Waals surface area contributed by atoms with E-state index in [1.807, 2.05) is 12.1 Å². The van der Waals surface area contributed by atoms with Gasteiger partial charge in [0.2, 0.25) is 0 Å². The Morgan fingerprint density at radius 1 is 0.421 bits per heavy atom. The van der Waals surface area contributed by atoms with Gasteiger partial charge in [-0.2, -0.15) is 0 Å².